The minimum absolute atomic E-state index is 0.0390. The summed E-state index contributed by atoms with van der Waals surface area (Å²) in [5, 5.41) is 13.3. The molecule has 1 aliphatic heterocycles. The van der Waals surface area contributed by atoms with Gasteiger partial charge >= 0.3 is 0 Å². The molecule has 2 fully saturated rings. The van der Waals surface area contributed by atoms with E-state index in [0.29, 0.717) is 23.1 Å². The monoisotopic (exact) mass is 418 g/mol. The molecule has 0 amide bonds. The molecule has 152 valence electrons. The largest absolute Gasteiger partial charge is 0.394 e. The van der Waals surface area contributed by atoms with Crippen LogP contribution < -0.4 is 11.1 Å². The van der Waals surface area contributed by atoms with E-state index < -0.39 is 5.79 Å². The van der Waals surface area contributed by atoms with E-state index in [1.165, 1.54) is 11.8 Å². The van der Waals surface area contributed by atoms with E-state index in [0.717, 1.165) is 12.2 Å². The molecule has 1 aliphatic carbocycles. The van der Waals surface area contributed by atoms with Gasteiger partial charge in [-0.05, 0) is 26.7 Å². The van der Waals surface area contributed by atoms with Crippen LogP contribution in [0.3, 0.4) is 0 Å². The highest BCUT2D eigenvalue weighted by atomic mass is 35.5. The molecule has 8 nitrogen and oxygen atoms in total. The van der Waals surface area contributed by atoms with Crippen molar-refractivity contribution < 1.29 is 19.3 Å². The van der Waals surface area contributed by atoms with E-state index in [9.17, 15) is 0 Å². The molecular weight excluding hydrogens is 392 g/mol. The number of nitrogen functional groups attached to an aromatic ring is 1. The topological polar surface area (TPSA) is 112 Å². The zero-order valence-corrected chi connectivity index (χ0v) is 17.3. The van der Waals surface area contributed by atoms with Gasteiger partial charge in [-0.3, -0.25) is 0 Å². The Morgan fingerprint density at radius 3 is 2.81 bits per heavy atom. The summed E-state index contributed by atoms with van der Waals surface area (Å²) in [6, 6.07) is -0.113. The number of aromatic nitrogens is 2. The average molecular weight is 419 g/mol. The number of nitrogens with one attached hydrogen (secondary N) is 1. The molecular formula is C17H27ClN4O4S. The fraction of sp³-hybridized carbons (Fsp3) is 0.765. The van der Waals surface area contributed by atoms with Gasteiger partial charge < -0.3 is 30.4 Å². The first-order chi connectivity index (χ1) is 12.8. The van der Waals surface area contributed by atoms with Crippen molar-refractivity contribution in [2.75, 3.05) is 30.0 Å². The maximum Gasteiger partial charge on any atom is 0.191 e. The highest BCUT2D eigenvalue weighted by Crippen LogP contribution is 2.41. The van der Waals surface area contributed by atoms with E-state index in [2.05, 4.69) is 22.2 Å². The SMILES string of the molecule is CCCSc1nc(Cl)c(N)c(N[C@H]2C[C@@H](OCCO)[C@@H]3OC(C)(C)O[C@@H]32)n1. The van der Waals surface area contributed by atoms with Crippen molar-refractivity contribution in [2.24, 2.45) is 0 Å². The van der Waals surface area contributed by atoms with Gasteiger partial charge in [0.25, 0.3) is 0 Å². The van der Waals surface area contributed by atoms with Crippen LogP contribution in [0, 0.1) is 0 Å². The van der Waals surface area contributed by atoms with Gasteiger partial charge in [-0.1, -0.05) is 30.3 Å². The second-order valence-corrected chi connectivity index (χ2v) is 8.51. The Bertz CT molecular complexity index is 666. The van der Waals surface area contributed by atoms with Crippen LogP contribution in [0.15, 0.2) is 5.16 Å². The van der Waals surface area contributed by atoms with E-state index in [1.54, 1.807) is 0 Å². The molecule has 4 atom stereocenters. The van der Waals surface area contributed by atoms with Gasteiger partial charge in [0.1, 0.15) is 17.9 Å². The molecule has 0 unspecified atom stereocenters. The van der Waals surface area contributed by atoms with Crippen LogP contribution in [0.25, 0.3) is 0 Å². The van der Waals surface area contributed by atoms with Gasteiger partial charge in [-0.2, -0.15) is 0 Å². The molecule has 4 N–H and O–H groups in total. The zero-order valence-electron chi connectivity index (χ0n) is 15.8. The molecule has 1 saturated heterocycles. The maximum absolute atomic E-state index is 9.08. The number of ether oxygens (including phenoxy) is 3. The minimum atomic E-state index is -0.701. The quantitative estimate of drug-likeness (QED) is 0.332. The lowest BCUT2D eigenvalue weighted by atomic mass is 10.2. The molecule has 27 heavy (non-hydrogen) atoms. The number of aliphatic hydroxyl groups excluding tert-OH is 1. The lowest BCUT2D eigenvalue weighted by Crippen LogP contribution is -2.35. The van der Waals surface area contributed by atoms with Crippen molar-refractivity contribution >= 4 is 34.9 Å². The first-order valence-electron chi connectivity index (χ1n) is 9.15. The van der Waals surface area contributed by atoms with Gasteiger partial charge in [0.2, 0.25) is 0 Å². The predicted molar refractivity (Wildman–Crippen MR) is 105 cm³/mol. The second kappa shape index (κ2) is 8.67. The number of nitrogens with zero attached hydrogens (tertiary/aromatic N) is 2. The Kier molecular flexibility index (Phi) is 6.70. The number of thioether (sulfide) groups is 1. The van der Waals surface area contributed by atoms with Crippen LogP contribution in [0.1, 0.15) is 33.6 Å². The maximum atomic E-state index is 9.08. The molecule has 0 radical (unpaired) electrons. The van der Waals surface area contributed by atoms with Crippen molar-refractivity contribution in [1.82, 2.24) is 9.97 Å². The van der Waals surface area contributed by atoms with Crippen molar-refractivity contribution in [1.29, 1.82) is 0 Å². The zero-order chi connectivity index (χ0) is 19.6. The molecule has 3 rings (SSSR count). The number of rotatable bonds is 8. The molecule has 1 aromatic heterocycles. The van der Waals surface area contributed by atoms with E-state index >= 15 is 0 Å². The lowest BCUT2D eigenvalue weighted by molar-refractivity contribution is -0.167. The number of nitrogens with two attached hydrogens (primary N) is 1. The Morgan fingerprint density at radius 1 is 1.37 bits per heavy atom. The number of halogens is 1. The molecule has 2 aliphatic rings. The summed E-state index contributed by atoms with van der Waals surface area (Å²) in [4.78, 5) is 8.76. The number of fused-ring (bicyclic) bond motifs is 1. The van der Waals surface area contributed by atoms with Crippen molar-refractivity contribution in [3.8, 4) is 0 Å². The molecule has 10 heteroatoms. The normalized spacial score (nSPS) is 29.1. The van der Waals surface area contributed by atoms with Crippen molar-refractivity contribution in [3.05, 3.63) is 5.15 Å². The van der Waals surface area contributed by atoms with Gasteiger partial charge in [0, 0.05) is 5.75 Å². The fourth-order valence-corrected chi connectivity index (χ4v) is 4.33. The summed E-state index contributed by atoms with van der Waals surface area (Å²) in [5.74, 6) is 0.692. The molecule has 0 aromatic carbocycles. The Hall–Kier alpha value is -0.840. The summed E-state index contributed by atoms with van der Waals surface area (Å²) in [7, 11) is 0. The minimum Gasteiger partial charge on any atom is -0.394 e. The average Bonchev–Trinajstić information content (AvgIpc) is 3.09. The lowest BCUT2D eigenvalue weighted by Gasteiger charge is -2.24. The number of hydrogen-bond acceptors (Lipinski definition) is 9. The summed E-state index contributed by atoms with van der Waals surface area (Å²) in [6.45, 7) is 6.06. The Balaban J connectivity index is 1.79. The summed E-state index contributed by atoms with van der Waals surface area (Å²) < 4.78 is 17.9. The summed E-state index contributed by atoms with van der Waals surface area (Å²) >= 11 is 7.73. The Labute approximate surface area is 168 Å². The Morgan fingerprint density at radius 2 is 2.11 bits per heavy atom. The van der Waals surface area contributed by atoms with Gasteiger partial charge in [-0.15, -0.1) is 0 Å². The van der Waals surface area contributed by atoms with Gasteiger partial charge in [0.15, 0.2) is 21.9 Å². The van der Waals surface area contributed by atoms with Gasteiger partial charge in [0.05, 0.1) is 25.4 Å². The van der Waals surface area contributed by atoms with E-state index in [-0.39, 0.29) is 42.7 Å². The molecule has 2 heterocycles. The van der Waals surface area contributed by atoms with Crippen LogP contribution in [0.5, 0.6) is 0 Å². The standard InChI is InChI=1S/C17H27ClN4O4S/c1-4-7-27-16-21-14(18)11(19)15(22-16)20-9-8-10(24-6-5-23)13-12(9)25-17(2,3)26-13/h9-10,12-13,23H,4-8,19H2,1-3H3,(H,20,21,22)/t9-,10+,12+,13-/m0/s1. The van der Waals surface area contributed by atoms with E-state index in [1.807, 2.05) is 13.8 Å². The van der Waals surface area contributed by atoms with Crippen molar-refractivity contribution in [3.63, 3.8) is 0 Å². The molecule has 1 saturated carbocycles. The van der Waals surface area contributed by atoms with Crippen LogP contribution >= 0.6 is 23.4 Å². The van der Waals surface area contributed by atoms with Crippen LogP contribution in [0.2, 0.25) is 5.15 Å². The highest BCUT2D eigenvalue weighted by molar-refractivity contribution is 7.99. The third-order valence-electron chi connectivity index (χ3n) is 4.47. The number of aliphatic hydroxyl groups is 1. The third-order valence-corrected chi connectivity index (χ3v) is 5.81. The third kappa shape index (κ3) is 4.78. The molecule has 0 spiro atoms. The molecule has 0 bridgehead atoms. The summed E-state index contributed by atoms with van der Waals surface area (Å²) in [6.07, 6.45) is 1.02. The van der Waals surface area contributed by atoms with Crippen LogP contribution in [-0.2, 0) is 14.2 Å². The molecule has 1 aromatic rings. The predicted octanol–water partition coefficient (Wildman–Crippen LogP) is 2.30. The van der Waals surface area contributed by atoms with Crippen LogP contribution in [0.4, 0.5) is 11.5 Å². The van der Waals surface area contributed by atoms with Crippen molar-refractivity contribution in [2.45, 2.75) is 68.9 Å². The fourth-order valence-electron chi connectivity index (χ4n) is 3.41. The summed E-state index contributed by atoms with van der Waals surface area (Å²) in [5.41, 5.74) is 6.41. The first kappa shape index (κ1) is 20.9. The van der Waals surface area contributed by atoms with E-state index in [4.69, 9.17) is 36.7 Å². The highest BCUT2D eigenvalue weighted by Gasteiger charge is 2.54. The number of anilines is 2. The van der Waals surface area contributed by atoms with Gasteiger partial charge in [-0.25, -0.2) is 9.97 Å². The number of hydrogen-bond donors (Lipinski definition) is 3. The first-order valence-corrected chi connectivity index (χ1v) is 10.5. The van der Waals surface area contributed by atoms with Crippen LogP contribution in [-0.4, -0.2) is 64.2 Å². The second-order valence-electron chi connectivity index (χ2n) is 7.09. The smallest absolute Gasteiger partial charge is 0.191 e.